The minimum atomic E-state index is -0.950. The third kappa shape index (κ3) is 4.51. The highest BCUT2D eigenvalue weighted by molar-refractivity contribution is 6.22. The van der Waals surface area contributed by atoms with E-state index in [1.54, 1.807) is 25.1 Å². The molecular formula is C16H21NO6. The van der Waals surface area contributed by atoms with Crippen LogP contribution in [0.15, 0.2) is 18.2 Å². The lowest BCUT2D eigenvalue weighted by Gasteiger charge is -2.21. The van der Waals surface area contributed by atoms with Crippen LogP contribution in [-0.4, -0.2) is 54.1 Å². The summed E-state index contributed by atoms with van der Waals surface area (Å²) in [5.41, 5.74) is -0.384. The molecule has 23 heavy (non-hydrogen) atoms. The first-order valence-corrected chi connectivity index (χ1v) is 7.47. The number of carbonyl (C=O) groups is 2. The maximum Gasteiger partial charge on any atom is 0.262 e. The predicted molar refractivity (Wildman–Crippen MR) is 81.5 cm³/mol. The van der Waals surface area contributed by atoms with Crippen LogP contribution in [0.25, 0.3) is 0 Å². The third-order valence-corrected chi connectivity index (χ3v) is 3.65. The molecule has 0 bridgehead atoms. The number of aliphatic hydroxyl groups excluding tert-OH is 1. The largest absolute Gasteiger partial charge is 0.490 e. The summed E-state index contributed by atoms with van der Waals surface area (Å²) in [7, 11) is 0. The number of hydrogen-bond acceptors (Lipinski definition) is 6. The summed E-state index contributed by atoms with van der Waals surface area (Å²) in [6, 6.07) is 4.85. The van der Waals surface area contributed by atoms with Crippen molar-refractivity contribution >= 4 is 11.8 Å². The van der Waals surface area contributed by atoms with E-state index < -0.39 is 17.4 Å². The average molecular weight is 323 g/mol. The quantitative estimate of drug-likeness (QED) is 0.451. The second-order valence-corrected chi connectivity index (χ2v) is 5.64. The van der Waals surface area contributed by atoms with Gasteiger partial charge in [-0.2, -0.15) is 0 Å². The van der Waals surface area contributed by atoms with Crippen LogP contribution in [0.4, 0.5) is 0 Å². The van der Waals surface area contributed by atoms with Gasteiger partial charge in [-0.3, -0.25) is 14.9 Å². The standard InChI is InChI=1S/C16H21NO6/c1-16(21,5-7-18)6-8-22-9-10-23-12-4-2-3-11-13(12)15(20)17-14(11)19/h2-4,18,21H,5-10H2,1H3,(H,17,19,20). The van der Waals surface area contributed by atoms with Crippen LogP contribution in [-0.2, 0) is 4.74 Å². The normalized spacial score (nSPS) is 16.0. The van der Waals surface area contributed by atoms with E-state index in [1.165, 1.54) is 0 Å². The zero-order valence-corrected chi connectivity index (χ0v) is 13.0. The molecule has 2 amide bonds. The first kappa shape index (κ1) is 17.4. The zero-order chi connectivity index (χ0) is 16.9. The fraction of sp³-hybridized carbons (Fsp3) is 0.500. The number of benzene rings is 1. The van der Waals surface area contributed by atoms with Crippen LogP contribution < -0.4 is 10.1 Å². The summed E-state index contributed by atoms with van der Waals surface area (Å²) in [5.74, 6) is -0.527. The third-order valence-electron chi connectivity index (χ3n) is 3.65. The lowest BCUT2D eigenvalue weighted by molar-refractivity contribution is -0.00659. The molecule has 0 saturated heterocycles. The van der Waals surface area contributed by atoms with Crippen LogP contribution in [0.3, 0.4) is 0 Å². The predicted octanol–water partition coefficient (Wildman–Crippen LogP) is 0.489. The zero-order valence-electron chi connectivity index (χ0n) is 13.0. The molecule has 1 aliphatic heterocycles. The van der Waals surface area contributed by atoms with Crippen LogP contribution in [0.1, 0.15) is 40.5 Å². The number of hydrogen-bond donors (Lipinski definition) is 3. The summed E-state index contributed by atoms with van der Waals surface area (Å²) in [6.07, 6.45) is 0.706. The molecule has 0 spiro atoms. The Hall–Kier alpha value is -1.96. The highest BCUT2D eigenvalue weighted by Crippen LogP contribution is 2.26. The van der Waals surface area contributed by atoms with Crippen molar-refractivity contribution < 1.29 is 29.3 Å². The van der Waals surface area contributed by atoms with E-state index in [-0.39, 0.29) is 25.4 Å². The minimum Gasteiger partial charge on any atom is -0.490 e. The highest BCUT2D eigenvalue weighted by Gasteiger charge is 2.30. The molecule has 0 fully saturated rings. The number of rotatable bonds is 9. The van der Waals surface area contributed by atoms with E-state index in [9.17, 15) is 14.7 Å². The molecule has 0 saturated carbocycles. The summed E-state index contributed by atoms with van der Waals surface area (Å²) >= 11 is 0. The molecule has 2 rings (SSSR count). The van der Waals surface area contributed by atoms with Crippen molar-refractivity contribution in [3.63, 3.8) is 0 Å². The van der Waals surface area contributed by atoms with Crippen LogP contribution in [0.5, 0.6) is 5.75 Å². The van der Waals surface area contributed by atoms with Crippen molar-refractivity contribution in [3.05, 3.63) is 29.3 Å². The number of imide groups is 1. The number of aliphatic hydroxyl groups is 2. The topological polar surface area (TPSA) is 105 Å². The second kappa shape index (κ2) is 7.54. The Morgan fingerprint density at radius 3 is 2.65 bits per heavy atom. The number of ether oxygens (including phenoxy) is 2. The van der Waals surface area contributed by atoms with Gasteiger partial charge in [-0.05, 0) is 31.9 Å². The average Bonchev–Trinajstić information content (AvgIpc) is 2.78. The second-order valence-electron chi connectivity index (χ2n) is 5.64. The van der Waals surface area contributed by atoms with Gasteiger partial charge in [0.2, 0.25) is 0 Å². The smallest absolute Gasteiger partial charge is 0.262 e. The minimum absolute atomic E-state index is 0.0734. The Kier molecular flexibility index (Phi) is 5.70. The van der Waals surface area contributed by atoms with Gasteiger partial charge in [-0.1, -0.05) is 6.07 Å². The number of fused-ring (bicyclic) bond motifs is 1. The molecule has 1 aliphatic rings. The first-order chi connectivity index (χ1) is 10.9. The molecule has 1 unspecified atom stereocenters. The van der Waals surface area contributed by atoms with E-state index in [1.807, 2.05) is 0 Å². The van der Waals surface area contributed by atoms with Gasteiger partial charge in [0.15, 0.2) is 0 Å². The summed E-state index contributed by atoms with van der Waals surface area (Å²) in [4.78, 5) is 23.2. The Morgan fingerprint density at radius 1 is 1.13 bits per heavy atom. The fourth-order valence-corrected chi connectivity index (χ4v) is 2.28. The van der Waals surface area contributed by atoms with E-state index >= 15 is 0 Å². The Labute approximate surface area is 134 Å². The van der Waals surface area contributed by atoms with Crippen LogP contribution in [0, 0.1) is 0 Å². The Morgan fingerprint density at radius 2 is 1.91 bits per heavy atom. The lowest BCUT2D eigenvalue weighted by atomic mass is 9.99. The van der Waals surface area contributed by atoms with Gasteiger partial charge < -0.3 is 19.7 Å². The maximum atomic E-state index is 11.7. The molecular weight excluding hydrogens is 302 g/mol. The molecule has 0 aromatic heterocycles. The van der Waals surface area contributed by atoms with Gasteiger partial charge in [0.25, 0.3) is 11.8 Å². The Bertz CT molecular complexity index is 584. The van der Waals surface area contributed by atoms with Crippen LogP contribution in [0.2, 0.25) is 0 Å². The SMILES string of the molecule is CC(O)(CCO)CCOCCOc1cccc2c1C(=O)NC2=O. The number of amides is 2. The van der Waals surface area contributed by atoms with Gasteiger partial charge in [0.1, 0.15) is 12.4 Å². The maximum absolute atomic E-state index is 11.7. The molecule has 3 N–H and O–H groups in total. The molecule has 0 radical (unpaired) electrons. The van der Waals surface area contributed by atoms with Gasteiger partial charge in [-0.25, -0.2) is 0 Å². The molecule has 1 aromatic carbocycles. The van der Waals surface area contributed by atoms with E-state index in [4.69, 9.17) is 14.6 Å². The Balaban J connectivity index is 1.76. The van der Waals surface area contributed by atoms with Crippen LogP contribution >= 0.6 is 0 Å². The van der Waals surface area contributed by atoms with E-state index in [0.717, 1.165) is 0 Å². The summed E-state index contributed by atoms with van der Waals surface area (Å²) in [6.45, 7) is 2.42. The van der Waals surface area contributed by atoms with Crippen molar-refractivity contribution in [1.82, 2.24) is 5.32 Å². The molecule has 0 aliphatic carbocycles. The molecule has 1 atom stereocenters. The molecule has 7 heteroatoms. The molecule has 1 aromatic rings. The van der Waals surface area contributed by atoms with Crippen molar-refractivity contribution in [2.45, 2.75) is 25.4 Å². The van der Waals surface area contributed by atoms with Gasteiger partial charge in [0.05, 0.1) is 23.3 Å². The fourth-order valence-electron chi connectivity index (χ4n) is 2.28. The number of nitrogens with one attached hydrogen (secondary N) is 1. The van der Waals surface area contributed by atoms with Crippen molar-refractivity contribution in [1.29, 1.82) is 0 Å². The summed E-state index contributed by atoms with van der Waals surface area (Å²) < 4.78 is 10.9. The van der Waals surface area contributed by atoms with Crippen molar-refractivity contribution in [2.24, 2.45) is 0 Å². The van der Waals surface area contributed by atoms with Crippen molar-refractivity contribution in [3.8, 4) is 5.75 Å². The first-order valence-electron chi connectivity index (χ1n) is 7.47. The monoisotopic (exact) mass is 323 g/mol. The highest BCUT2D eigenvalue weighted by atomic mass is 16.5. The number of carbonyl (C=O) groups excluding carboxylic acids is 2. The lowest BCUT2D eigenvalue weighted by Crippen LogP contribution is -2.27. The van der Waals surface area contributed by atoms with Crippen molar-refractivity contribution in [2.75, 3.05) is 26.4 Å². The van der Waals surface area contributed by atoms with E-state index in [0.29, 0.717) is 30.8 Å². The van der Waals surface area contributed by atoms with E-state index in [2.05, 4.69) is 5.32 Å². The van der Waals surface area contributed by atoms with Gasteiger partial charge in [-0.15, -0.1) is 0 Å². The molecule has 126 valence electrons. The molecule has 7 nitrogen and oxygen atoms in total. The van der Waals surface area contributed by atoms with Gasteiger partial charge in [0, 0.05) is 13.2 Å². The summed E-state index contributed by atoms with van der Waals surface area (Å²) in [5, 5.41) is 20.9. The molecule has 1 heterocycles. The van der Waals surface area contributed by atoms with Gasteiger partial charge >= 0.3 is 0 Å².